The zero-order chi connectivity index (χ0) is 23.8. The summed E-state index contributed by atoms with van der Waals surface area (Å²) in [5.74, 6) is 0.699. The molecule has 178 valence electrons. The fourth-order valence-electron chi connectivity index (χ4n) is 5.35. The number of methoxy groups -OCH3 is 1. The van der Waals surface area contributed by atoms with Gasteiger partial charge in [-0.25, -0.2) is 4.79 Å². The van der Waals surface area contributed by atoms with Crippen LogP contribution in [0.3, 0.4) is 0 Å². The molecule has 1 fully saturated rings. The second kappa shape index (κ2) is 9.08. The Morgan fingerprint density at radius 1 is 1.21 bits per heavy atom. The number of likely N-dealkylation sites (tertiary alicyclic amines) is 1. The van der Waals surface area contributed by atoms with E-state index < -0.39 is 23.1 Å². The van der Waals surface area contributed by atoms with E-state index in [-0.39, 0.29) is 23.1 Å². The van der Waals surface area contributed by atoms with E-state index >= 15 is 0 Å². The monoisotopic (exact) mass is 466 g/mol. The molecule has 9 nitrogen and oxygen atoms in total. The molecule has 34 heavy (non-hydrogen) atoms. The number of fused-ring (bicyclic) bond motifs is 2. The van der Waals surface area contributed by atoms with Gasteiger partial charge in [-0.3, -0.25) is 15.0 Å². The smallest absolute Gasteiger partial charge is 0.380 e. The molecule has 2 aliphatic heterocycles. The van der Waals surface area contributed by atoms with Crippen LogP contribution in [0.25, 0.3) is 0 Å². The summed E-state index contributed by atoms with van der Waals surface area (Å²) >= 11 is 0. The molecule has 9 heteroatoms. The number of benzene rings is 2. The van der Waals surface area contributed by atoms with Crippen LogP contribution in [0.2, 0.25) is 0 Å². The Bertz CT molecular complexity index is 1130. The van der Waals surface area contributed by atoms with E-state index in [1.807, 2.05) is 18.2 Å². The van der Waals surface area contributed by atoms with Crippen LogP contribution in [-0.4, -0.2) is 54.7 Å². The maximum Gasteiger partial charge on any atom is 0.380 e. The van der Waals surface area contributed by atoms with E-state index in [4.69, 9.17) is 19.2 Å². The predicted octanol–water partition coefficient (Wildman–Crippen LogP) is 3.57. The van der Waals surface area contributed by atoms with Crippen LogP contribution in [0.1, 0.15) is 22.3 Å². The van der Waals surface area contributed by atoms with Crippen molar-refractivity contribution in [3.05, 3.63) is 75.9 Å². The number of nitro benzene ring substituents is 1. The minimum absolute atomic E-state index is 0.139. The Labute approximate surface area is 196 Å². The summed E-state index contributed by atoms with van der Waals surface area (Å²) < 4.78 is 12.0. The van der Waals surface area contributed by atoms with Crippen LogP contribution in [0.15, 0.2) is 54.6 Å². The highest BCUT2D eigenvalue weighted by molar-refractivity contribution is 5.93. The van der Waals surface area contributed by atoms with E-state index in [9.17, 15) is 14.9 Å². The minimum atomic E-state index is -0.924. The molecule has 0 saturated carbocycles. The second-order valence-electron chi connectivity index (χ2n) is 8.94. The van der Waals surface area contributed by atoms with E-state index in [2.05, 4.69) is 24.1 Å². The average Bonchev–Trinajstić information content (AvgIpc) is 2.86. The highest BCUT2D eigenvalue weighted by Gasteiger charge is 2.47. The highest BCUT2D eigenvalue weighted by atomic mass is 17.2. The molecule has 2 aromatic carbocycles. The summed E-state index contributed by atoms with van der Waals surface area (Å²) in [5, 5.41) is 11.3. The first-order chi connectivity index (χ1) is 16.5. The molecule has 0 radical (unpaired) electrons. The van der Waals surface area contributed by atoms with E-state index in [0.29, 0.717) is 17.5 Å². The number of hydrogen-bond donors (Lipinski definition) is 0. The normalized spacial score (nSPS) is 27.5. The van der Waals surface area contributed by atoms with Crippen LogP contribution >= 0.6 is 0 Å². The summed E-state index contributed by atoms with van der Waals surface area (Å²) in [6.45, 7) is 0.912. The summed E-state index contributed by atoms with van der Waals surface area (Å²) in [4.78, 5) is 36.3. The third-order valence-corrected chi connectivity index (χ3v) is 7.08. The maximum atomic E-state index is 12.6. The predicted molar refractivity (Wildman–Crippen MR) is 122 cm³/mol. The number of ether oxygens (including phenoxy) is 2. The molecule has 5 rings (SSSR count). The fourth-order valence-corrected chi connectivity index (χ4v) is 5.35. The first-order valence-electron chi connectivity index (χ1n) is 11.3. The van der Waals surface area contributed by atoms with Crippen molar-refractivity contribution in [3.8, 4) is 11.5 Å². The van der Waals surface area contributed by atoms with Gasteiger partial charge in [0.1, 0.15) is 11.7 Å². The van der Waals surface area contributed by atoms with Gasteiger partial charge < -0.3 is 14.4 Å². The first kappa shape index (κ1) is 22.4. The third-order valence-electron chi connectivity index (χ3n) is 7.08. The molecule has 2 aromatic rings. The average molecular weight is 466 g/mol. The Morgan fingerprint density at radius 3 is 2.82 bits per heavy atom. The number of rotatable bonds is 5. The molecule has 0 spiro atoms. The number of nitrogens with zero attached hydrogens (tertiary/aromatic N) is 2. The maximum absolute atomic E-state index is 12.6. The summed E-state index contributed by atoms with van der Waals surface area (Å²) in [5.41, 5.74) is 0.651. The Morgan fingerprint density at radius 2 is 2.03 bits per heavy atom. The largest absolute Gasteiger partial charge is 0.493 e. The number of piperidine rings is 1. The topological polar surface area (TPSA) is 100 Å². The van der Waals surface area contributed by atoms with Crippen molar-refractivity contribution in [2.24, 2.45) is 11.8 Å². The van der Waals surface area contributed by atoms with Crippen LogP contribution in [-0.2, 0) is 16.2 Å². The lowest BCUT2D eigenvalue weighted by atomic mass is 9.71. The van der Waals surface area contributed by atoms with Crippen molar-refractivity contribution in [3.63, 3.8) is 0 Å². The molecular weight excluding hydrogens is 440 g/mol. The molecule has 1 saturated heterocycles. The van der Waals surface area contributed by atoms with Crippen molar-refractivity contribution >= 4 is 11.7 Å². The lowest BCUT2D eigenvalue weighted by Gasteiger charge is -2.47. The van der Waals surface area contributed by atoms with E-state index in [1.54, 1.807) is 7.11 Å². The zero-order valence-electron chi connectivity index (χ0n) is 19.0. The number of likely N-dealkylation sites (N-methyl/N-ethyl adjacent to an activating group) is 1. The molecule has 2 heterocycles. The van der Waals surface area contributed by atoms with Crippen LogP contribution < -0.4 is 9.47 Å². The fraction of sp³-hybridized carbons (Fsp3) is 0.400. The van der Waals surface area contributed by atoms with E-state index in [0.717, 1.165) is 24.9 Å². The van der Waals surface area contributed by atoms with Gasteiger partial charge in [0.15, 0.2) is 17.6 Å². The van der Waals surface area contributed by atoms with Gasteiger partial charge in [0.2, 0.25) is 0 Å². The van der Waals surface area contributed by atoms with Crippen LogP contribution in [0.5, 0.6) is 11.5 Å². The molecule has 1 aliphatic carbocycles. The molecule has 0 amide bonds. The van der Waals surface area contributed by atoms with Gasteiger partial charge in [-0.15, -0.1) is 0 Å². The molecule has 0 aromatic heterocycles. The molecule has 3 aliphatic rings. The van der Waals surface area contributed by atoms with Crippen LogP contribution in [0.4, 0.5) is 5.69 Å². The Hall–Kier alpha value is -3.43. The zero-order valence-corrected chi connectivity index (χ0v) is 19.0. The lowest BCUT2D eigenvalue weighted by molar-refractivity contribution is -0.385. The van der Waals surface area contributed by atoms with Gasteiger partial charge in [0, 0.05) is 18.0 Å². The number of hydrogen-bond acceptors (Lipinski definition) is 8. The molecule has 5 atom stereocenters. The number of carbonyl (C=O) groups excluding carboxylic acids is 1. The summed E-state index contributed by atoms with van der Waals surface area (Å²) in [6.07, 6.45) is 4.66. The summed E-state index contributed by atoms with van der Waals surface area (Å²) in [7, 11) is 3.74. The Balaban J connectivity index is 1.43. The quantitative estimate of drug-likeness (QED) is 0.285. The van der Waals surface area contributed by atoms with Crippen molar-refractivity contribution in [2.45, 2.75) is 31.1 Å². The van der Waals surface area contributed by atoms with Gasteiger partial charge in [-0.1, -0.05) is 30.4 Å². The molecular formula is C25H26N2O7. The van der Waals surface area contributed by atoms with Crippen molar-refractivity contribution in [1.82, 2.24) is 4.90 Å². The molecule has 0 unspecified atom stereocenters. The van der Waals surface area contributed by atoms with Gasteiger partial charge in [-0.05, 0) is 56.1 Å². The number of nitro groups is 1. The summed E-state index contributed by atoms with van der Waals surface area (Å²) in [6, 6.07) is 11.9. The van der Waals surface area contributed by atoms with Crippen molar-refractivity contribution in [1.29, 1.82) is 0 Å². The van der Waals surface area contributed by atoms with Gasteiger partial charge in [0.25, 0.3) is 5.69 Å². The number of carbonyl (C=O) groups is 1. The van der Waals surface area contributed by atoms with Crippen molar-refractivity contribution < 1.29 is 29.0 Å². The van der Waals surface area contributed by atoms with Gasteiger partial charge in [-0.2, -0.15) is 4.89 Å². The lowest BCUT2D eigenvalue weighted by Crippen LogP contribution is -2.55. The first-order valence-corrected chi connectivity index (χ1v) is 11.3. The van der Waals surface area contributed by atoms with Gasteiger partial charge >= 0.3 is 5.97 Å². The highest BCUT2D eigenvalue weighted by Crippen LogP contribution is 2.43. The number of para-hydroxylation sites is 1. The van der Waals surface area contributed by atoms with Gasteiger partial charge in [0.05, 0.1) is 12.0 Å². The molecule has 6 bridgehead atoms. The van der Waals surface area contributed by atoms with Crippen molar-refractivity contribution in [2.75, 3.05) is 20.7 Å². The second-order valence-corrected chi connectivity index (χ2v) is 8.94. The SMILES string of the molecule is COc1ccc2cc1O[C@@H]1[C@H]3CCN(C)[C@H](C2)[C@@H]3C=C[C@@H]1OOC(=O)c1ccccc1[N+](=O)[O-]. The minimum Gasteiger partial charge on any atom is -0.493 e. The standard InChI is InChI=1S/C25H26N2O7/c1-26-12-11-17-16-8-10-22(33-34-25(28)18-5-3-4-6-19(18)27(29)30)24(17)32-23-14-15(13-20(16)26)7-9-21(23)31-2/h3-10,14,16-17,20,22,24H,11-13H2,1-2H3/t16-,17+,20-,22+,24-/m1/s1. The Kier molecular flexibility index (Phi) is 5.97. The third kappa shape index (κ3) is 4.01. The van der Waals surface area contributed by atoms with E-state index in [1.165, 1.54) is 24.3 Å². The van der Waals surface area contributed by atoms with Crippen LogP contribution in [0, 0.1) is 22.0 Å². The molecule has 0 N–H and O–H groups in total.